The first-order valence-electron chi connectivity index (χ1n) is 6.14. The highest BCUT2D eigenvalue weighted by Crippen LogP contribution is 2.17. The molecule has 2 heterocycles. The number of hydrogen-bond donors (Lipinski definition) is 1. The first kappa shape index (κ1) is 11.7. The Bertz CT molecular complexity index is 242. The normalized spacial score (nSPS) is 25.9. The van der Waals surface area contributed by atoms with Crippen LogP contribution in [0.3, 0.4) is 0 Å². The molecule has 2 saturated heterocycles. The first-order valence-corrected chi connectivity index (χ1v) is 6.14. The van der Waals surface area contributed by atoms with Crippen molar-refractivity contribution in [3.63, 3.8) is 0 Å². The standard InChI is InChI=1S/C11H22N4O/c1-13-6-8-14(9-7-13)10-2-4-15(5-3-10)11(12)16/h10H,2-9H2,1H3,(H2,12,16). The second kappa shape index (κ2) is 5.01. The van der Waals surface area contributed by atoms with Crippen molar-refractivity contribution in [2.24, 2.45) is 5.73 Å². The fraction of sp³-hybridized carbons (Fsp3) is 0.909. The molecule has 0 aromatic heterocycles. The van der Waals surface area contributed by atoms with Crippen LogP contribution in [0, 0.1) is 0 Å². The maximum Gasteiger partial charge on any atom is 0.314 e. The monoisotopic (exact) mass is 226 g/mol. The number of primary amides is 1. The van der Waals surface area contributed by atoms with E-state index in [0.29, 0.717) is 6.04 Å². The van der Waals surface area contributed by atoms with Crippen LogP contribution < -0.4 is 5.73 Å². The molecule has 0 radical (unpaired) electrons. The maximum absolute atomic E-state index is 11.0. The average Bonchev–Trinajstić information content (AvgIpc) is 2.30. The summed E-state index contributed by atoms with van der Waals surface area (Å²) < 4.78 is 0. The molecule has 5 nitrogen and oxygen atoms in total. The number of nitrogens with two attached hydrogens (primary N) is 1. The summed E-state index contributed by atoms with van der Waals surface area (Å²) in [5, 5.41) is 0. The third-order valence-electron chi connectivity index (χ3n) is 3.83. The molecule has 0 spiro atoms. The number of urea groups is 1. The van der Waals surface area contributed by atoms with E-state index in [0.717, 1.165) is 52.1 Å². The minimum atomic E-state index is -0.267. The molecule has 2 aliphatic heterocycles. The number of carbonyl (C=O) groups excluding carboxylic acids is 1. The van der Waals surface area contributed by atoms with Crippen molar-refractivity contribution >= 4 is 6.03 Å². The fourth-order valence-corrected chi connectivity index (χ4v) is 2.64. The molecule has 2 fully saturated rings. The number of carbonyl (C=O) groups is 1. The Morgan fingerprint density at radius 1 is 1.06 bits per heavy atom. The number of amides is 2. The van der Waals surface area contributed by atoms with Gasteiger partial charge in [-0.3, -0.25) is 4.90 Å². The number of hydrogen-bond acceptors (Lipinski definition) is 3. The van der Waals surface area contributed by atoms with Crippen molar-refractivity contribution in [2.45, 2.75) is 18.9 Å². The van der Waals surface area contributed by atoms with Gasteiger partial charge in [0.05, 0.1) is 0 Å². The van der Waals surface area contributed by atoms with Crippen molar-refractivity contribution in [3.05, 3.63) is 0 Å². The lowest BCUT2D eigenvalue weighted by atomic mass is 10.0. The van der Waals surface area contributed by atoms with Crippen LogP contribution in [0.2, 0.25) is 0 Å². The molecule has 92 valence electrons. The van der Waals surface area contributed by atoms with Gasteiger partial charge in [-0.05, 0) is 19.9 Å². The summed E-state index contributed by atoms with van der Waals surface area (Å²) in [7, 11) is 2.17. The van der Waals surface area contributed by atoms with Crippen molar-refractivity contribution in [3.8, 4) is 0 Å². The van der Waals surface area contributed by atoms with Crippen molar-refractivity contribution in [2.75, 3.05) is 46.3 Å². The maximum atomic E-state index is 11.0. The molecule has 0 aliphatic carbocycles. The summed E-state index contributed by atoms with van der Waals surface area (Å²) in [6, 6.07) is 0.390. The zero-order valence-electron chi connectivity index (χ0n) is 10.1. The molecule has 16 heavy (non-hydrogen) atoms. The van der Waals surface area contributed by atoms with Gasteiger partial charge in [-0.25, -0.2) is 4.79 Å². The first-order chi connectivity index (χ1) is 7.66. The molecule has 2 N–H and O–H groups in total. The molecule has 0 unspecified atom stereocenters. The van der Waals surface area contributed by atoms with Gasteiger partial charge in [-0.2, -0.15) is 0 Å². The van der Waals surface area contributed by atoms with Gasteiger partial charge in [-0.1, -0.05) is 0 Å². The highest BCUT2D eigenvalue weighted by Gasteiger charge is 2.27. The van der Waals surface area contributed by atoms with Gasteiger partial charge in [0.1, 0.15) is 0 Å². The van der Waals surface area contributed by atoms with Crippen molar-refractivity contribution in [1.29, 1.82) is 0 Å². The second-order valence-electron chi connectivity index (χ2n) is 4.90. The molecular formula is C11H22N4O. The van der Waals surface area contributed by atoms with E-state index in [9.17, 15) is 4.79 Å². The van der Waals surface area contributed by atoms with E-state index >= 15 is 0 Å². The van der Waals surface area contributed by atoms with Gasteiger partial charge in [0.25, 0.3) is 0 Å². The molecular weight excluding hydrogens is 204 g/mol. The number of rotatable bonds is 1. The number of likely N-dealkylation sites (N-methyl/N-ethyl adjacent to an activating group) is 1. The summed E-state index contributed by atoms with van der Waals surface area (Å²) in [5.41, 5.74) is 5.28. The summed E-state index contributed by atoms with van der Waals surface area (Å²) in [6.07, 6.45) is 2.15. The third kappa shape index (κ3) is 2.65. The highest BCUT2D eigenvalue weighted by molar-refractivity contribution is 5.72. The summed E-state index contributed by atoms with van der Waals surface area (Å²) >= 11 is 0. The number of piperidine rings is 1. The van der Waals surface area contributed by atoms with E-state index in [4.69, 9.17) is 5.73 Å². The number of likely N-dealkylation sites (tertiary alicyclic amines) is 1. The molecule has 0 bridgehead atoms. The second-order valence-corrected chi connectivity index (χ2v) is 4.90. The SMILES string of the molecule is CN1CCN(C2CCN(C(N)=O)CC2)CC1. The molecule has 2 amide bonds. The lowest BCUT2D eigenvalue weighted by molar-refractivity contribution is 0.0760. The lowest BCUT2D eigenvalue weighted by Crippen LogP contribution is -2.53. The molecule has 2 rings (SSSR count). The zero-order valence-corrected chi connectivity index (χ0v) is 10.1. The van der Waals surface area contributed by atoms with Gasteiger partial charge >= 0.3 is 6.03 Å². The third-order valence-corrected chi connectivity index (χ3v) is 3.83. The lowest BCUT2D eigenvalue weighted by Gasteiger charge is -2.41. The Morgan fingerprint density at radius 3 is 2.12 bits per heavy atom. The molecule has 0 saturated carbocycles. The van der Waals surface area contributed by atoms with Gasteiger partial charge < -0.3 is 15.5 Å². The van der Waals surface area contributed by atoms with Gasteiger partial charge in [0.2, 0.25) is 0 Å². The molecule has 0 aromatic carbocycles. The highest BCUT2D eigenvalue weighted by atomic mass is 16.2. The molecule has 0 atom stereocenters. The predicted octanol–water partition coefficient (Wildman–Crippen LogP) is -0.223. The predicted molar refractivity (Wildman–Crippen MR) is 63.2 cm³/mol. The van der Waals surface area contributed by atoms with Crippen LogP contribution in [0.15, 0.2) is 0 Å². The van der Waals surface area contributed by atoms with Crippen LogP contribution >= 0.6 is 0 Å². The van der Waals surface area contributed by atoms with E-state index < -0.39 is 0 Å². The molecule has 5 heteroatoms. The van der Waals surface area contributed by atoms with Crippen LogP contribution in [0.4, 0.5) is 4.79 Å². The average molecular weight is 226 g/mol. The van der Waals surface area contributed by atoms with E-state index in [2.05, 4.69) is 16.8 Å². The minimum absolute atomic E-state index is 0.267. The quantitative estimate of drug-likeness (QED) is 0.672. The largest absolute Gasteiger partial charge is 0.351 e. The number of nitrogens with zero attached hydrogens (tertiary/aromatic N) is 3. The van der Waals surface area contributed by atoms with Gasteiger partial charge in [0, 0.05) is 45.3 Å². The Hall–Kier alpha value is -0.810. The Labute approximate surface area is 97.2 Å². The van der Waals surface area contributed by atoms with Crippen molar-refractivity contribution in [1.82, 2.24) is 14.7 Å². The Balaban J connectivity index is 1.78. The van der Waals surface area contributed by atoms with Gasteiger partial charge in [-0.15, -0.1) is 0 Å². The Morgan fingerprint density at radius 2 is 1.62 bits per heavy atom. The van der Waals surface area contributed by atoms with E-state index in [-0.39, 0.29) is 6.03 Å². The zero-order chi connectivity index (χ0) is 11.5. The summed E-state index contributed by atoms with van der Waals surface area (Å²) in [4.78, 5) is 17.7. The van der Waals surface area contributed by atoms with Crippen LogP contribution in [0.25, 0.3) is 0 Å². The molecule has 0 aromatic rings. The molecule has 2 aliphatic rings. The smallest absolute Gasteiger partial charge is 0.314 e. The summed E-state index contributed by atoms with van der Waals surface area (Å²) in [5.74, 6) is 0. The van der Waals surface area contributed by atoms with Crippen LogP contribution in [0.5, 0.6) is 0 Å². The van der Waals surface area contributed by atoms with Crippen LogP contribution in [-0.2, 0) is 0 Å². The minimum Gasteiger partial charge on any atom is -0.351 e. The van der Waals surface area contributed by atoms with Crippen LogP contribution in [0.1, 0.15) is 12.8 Å². The topological polar surface area (TPSA) is 52.8 Å². The number of piperazine rings is 1. The van der Waals surface area contributed by atoms with E-state index in [1.54, 1.807) is 4.90 Å². The summed E-state index contributed by atoms with van der Waals surface area (Å²) in [6.45, 7) is 6.31. The van der Waals surface area contributed by atoms with E-state index in [1.165, 1.54) is 0 Å². The van der Waals surface area contributed by atoms with Crippen molar-refractivity contribution < 1.29 is 4.79 Å². The fourth-order valence-electron chi connectivity index (χ4n) is 2.64. The van der Waals surface area contributed by atoms with Crippen LogP contribution in [-0.4, -0.2) is 73.1 Å². The van der Waals surface area contributed by atoms with E-state index in [1.807, 2.05) is 0 Å². The van der Waals surface area contributed by atoms with Gasteiger partial charge in [0.15, 0.2) is 0 Å². The Kier molecular flexibility index (Phi) is 3.66.